The Balaban J connectivity index is 1.57. The molecule has 2 atom stereocenters. The summed E-state index contributed by atoms with van der Waals surface area (Å²) >= 11 is 0. The van der Waals surface area contributed by atoms with Crippen LogP contribution in [0.5, 0.6) is 0 Å². The van der Waals surface area contributed by atoms with Gasteiger partial charge >= 0.3 is 0 Å². The summed E-state index contributed by atoms with van der Waals surface area (Å²) in [5, 5.41) is 3.31. The molecule has 0 aromatic heterocycles. The van der Waals surface area contributed by atoms with Crippen LogP contribution in [-0.4, -0.2) is 61.0 Å². The van der Waals surface area contributed by atoms with Crippen LogP contribution in [-0.2, 0) is 4.79 Å². The Bertz CT molecular complexity index is 513. The number of piperazine rings is 1. The van der Waals surface area contributed by atoms with Crippen LogP contribution in [0.15, 0.2) is 30.3 Å². The smallest absolute Gasteiger partial charge is 0.223 e. The highest BCUT2D eigenvalue weighted by Gasteiger charge is 2.32. The van der Waals surface area contributed by atoms with Crippen LogP contribution in [0.1, 0.15) is 44.1 Å². The Morgan fingerprint density at radius 1 is 1.21 bits per heavy atom. The fraction of sp³-hybridized carbons (Fsp3) is 0.650. The maximum Gasteiger partial charge on any atom is 0.223 e. The molecule has 2 aliphatic heterocycles. The van der Waals surface area contributed by atoms with Crippen molar-refractivity contribution in [3.63, 3.8) is 0 Å². The zero-order valence-electron chi connectivity index (χ0n) is 14.9. The fourth-order valence-electron chi connectivity index (χ4n) is 4.33. The standard InChI is InChI=1S/C20H31N3O/c1-2-18(17-7-4-3-5-8-17)19-9-6-13-22(19)14-10-20(24)23-15-11-21-12-16-23/h3-5,7-8,18-19,21H,2,6,9-16H2,1H3. The number of benzene rings is 1. The Hall–Kier alpha value is -1.39. The zero-order chi connectivity index (χ0) is 16.8. The van der Waals surface area contributed by atoms with Crippen molar-refractivity contribution in [1.29, 1.82) is 0 Å². The van der Waals surface area contributed by atoms with Crippen molar-refractivity contribution in [3.8, 4) is 0 Å². The first kappa shape index (κ1) is 17.4. The number of hydrogen-bond donors (Lipinski definition) is 1. The van der Waals surface area contributed by atoms with Crippen molar-refractivity contribution < 1.29 is 4.79 Å². The molecular formula is C20H31N3O. The average Bonchev–Trinajstić information content (AvgIpc) is 3.10. The van der Waals surface area contributed by atoms with Crippen LogP contribution in [0.4, 0.5) is 0 Å². The number of carbonyl (C=O) groups is 1. The summed E-state index contributed by atoms with van der Waals surface area (Å²) in [4.78, 5) is 17.0. The highest BCUT2D eigenvalue weighted by atomic mass is 16.2. The molecule has 1 amide bonds. The van der Waals surface area contributed by atoms with E-state index in [1.54, 1.807) is 0 Å². The molecule has 2 fully saturated rings. The van der Waals surface area contributed by atoms with Crippen LogP contribution >= 0.6 is 0 Å². The number of nitrogens with one attached hydrogen (secondary N) is 1. The molecule has 2 aliphatic rings. The molecule has 2 unspecified atom stereocenters. The van der Waals surface area contributed by atoms with E-state index in [1.807, 2.05) is 4.90 Å². The van der Waals surface area contributed by atoms with E-state index in [1.165, 1.54) is 18.4 Å². The van der Waals surface area contributed by atoms with Gasteiger partial charge in [0.15, 0.2) is 0 Å². The summed E-state index contributed by atoms with van der Waals surface area (Å²) in [6.45, 7) is 7.95. The van der Waals surface area contributed by atoms with Gasteiger partial charge in [-0.1, -0.05) is 37.3 Å². The van der Waals surface area contributed by atoms with Crippen molar-refractivity contribution in [1.82, 2.24) is 15.1 Å². The van der Waals surface area contributed by atoms with Gasteiger partial charge in [-0.3, -0.25) is 9.69 Å². The van der Waals surface area contributed by atoms with Crippen LogP contribution in [0.25, 0.3) is 0 Å². The second-order valence-electron chi connectivity index (χ2n) is 7.05. The van der Waals surface area contributed by atoms with Gasteiger partial charge in [-0.25, -0.2) is 0 Å². The molecule has 24 heavy (non-hydrogen) atoms. The topological polar surface area (TPSA) is 35.6 Å². The van der Waals surface area contributed by atoms with E-state index < -0.39 is 0 Å². The summed E-state index contributed by atoms with van der Waals surface area (Å²) in [6, 6.07) is 11.5. The lowest BCUT2D eigenvalue weighted by molar-refractivity contribution is -0.132. The van der Waals surface area contributed by atoms with Gasteiger partial charge in [0.2, 0.25) is 5.91 Å². The van der Waals surface area contributed by atoms with Crippen molar-refractivity contribution in [2.75, 3.05) is 39.3 Å². The molecule has 0 radical (unpaired) electrons. The highest BCUT2D eigenvalue weighted by molar-refractivity contribution is 5.76. The van der Waals surface area contributed by atoms with Crippen molar-refractivity contribution in [2.45, 2.75) is 44.6 Å². The van der Waals surface area contributed by atoms with E-state index >= 15 is 0 Å². The largest absolute Gasteiger partial charge is 0.340 e. The van der Waals surface area contributed by atoms with Gasteiger partial charge < -0.3 is 10.2 Å². The molecule has 0 saturated carbocycles. The first-order chi connectivity index (χ1) is 11.8. The molecule has 1 aromatic carbocycles. The van der Waals surface area contributed by atoms with Gasteiger partial charge in [0.05, 0.1) is 0 Å². The molecule has 0 spiro atoms. The third-order valence-corrected chi connectivity index (χ3v) is 5.63. The molecule has 2 heterocycles. The molecule has 1 aromatic rings. The van der Waals surface area contributed by atoms with Crippen molar-refractivity contribution in [2.24, 2.45) is 0 Å². The summed E-state index contributed by atoms with van der Waals surface area (Å²) < 4.78 is 0. The first-order valence-corrected chi connectivity index (χ1v) is 9.57. The molecular weight excluding hydrogens is 298 g/mol. The van der Waals surface area contributed by atoms with E-state index in [0.29, 0.717) is 24.3 Å². The van der Waals surface area contributed by atoms with Crippen LogP contribution in [0.2, 0.25) is 0 Å². The maximum absolute atomic E-state index is 12.4. The number of likely N-dealkylation sites (tertiary alicyclic amines) is 1. The average molecular weight is 329 g/mol. The minimum Gasteiger partial charge on any atom is -0.340 e. The lowest BCUT2D eigenvalue weighted by atomic mass is 9.87. The summed E-state index contributed by atoms with van der Waals surface area (Å²) in [7, 11) is 0. The summed E-state index contributed by atoms with van der Waals surface area (Å²) in [5.74, 6) is 0.915. The Morgan fingerprint density at radius 3 is 2.67 bits per heavy atom. The lowest BCUT2D eigenvalue weighted by Gasteiger charge is -2.33. The van der Waals surface area contributed by atoms with E-state index in [9.17, 15) is 4.79 Å². The fourth-order valence-corrected chi connectivity index (χ4v) is 4.33. The first-order valence-electron chi connectivity index (χ1n) is 9.57. The van der Waals surface area contributed by atoms with Gasteiger partial charge in [-0.15, -0.1) is 0 Å². The SMILES string of the molecule is CCC(c1ccccc1)C1CCCN1CCC(=O)N1CCNCC1. The molecule has 0 aliphatic carbocycles. The third kappa shape index (κ3) is 4.17. The second kappa shape index (κ2) is 8.63. The third-order valence-electron chi connectivity index (χ3n) is 5.63. The van der Waals surface area contributed by atoms with E-state index in [4.69, 9.17) is 0 Å². The molecule has 4 heteroatoms. The Kier molecular flexibility index (Phi) is 6.27. The number of hydrogen-bond acceptors (Lipinski definition) is 3. The van der Waals surface area contributed by atoms with Gasteiger partial charge in [-0.05, 0) is 37.3 Å². The molecule has 3 rings (SSSR count). The van der Waals surface area contributed by atoms with Crippen LogP contribution < -0.4 is 5.32 Å². The number of carbonyl (C=O) groups excluding carboxylic acids is 1. The molecule has 2 saturated heterocycles. The van der Waals surface area contributed by atoms with E-state index in [-0.39, 0.29) is 0 Å². The molecule has 0 bridgehead atoms. The quantitative estimate of drug-likeness (QED) is 0.871. The van der Waals surface area contributed by atoms with Crippen molar-refractivity contribution in [3.05, 3.63) is 35.9 Å². The summed E-state index contributed by atoms with van der Waals surface area (Å²) in [5.41, 5.74) is 1.45. The zero-order valence-corrected chi connectivity index (χ0v) is 14.9. The predicted octanol–water partition coefficient (Wildman–Crippen LogP) is 2.47. The van der Waals surface area contributed by atoms with Crippen LogP contribution in [0, 0.1) is 0 Å². The number of nitrogens with zero attached hydrogens (tertiary/aromatic N) is 2. The normalized spacial score (nSPS) is 23.4. The Morgan fingerprint density at radius 2 is 1.96 bits per heavy atom. The molecule has 4 nitrogen and oxygen atoms in total. The van der Waals surface area contributed by atoms with Gasteiger partial charge in [-0.2, -0.15) is 0 Å². The number of rotatable bonds is 6. The van der Waals surface area contributed by atoms with Gasteiger partial charge in [0.25, 0.3) is 0 Å². The predicted molar refractivity (Wildman–Crippen MR) is 98.1 cm³/mol. The van der Waals surface area contributed by atoms with Gasteiger partial charge in [0, 0.05) is 45.2 Å². The number of amides is 1. The van der Waals surface area contributed by atoms with Crippen molar-refractivity contribution >= 4 is 5.91 Å². The minimum absolute atomic E-state index is 0.329. The summed E-state index contributed by atoms with van der Waals surface area (Å²) in [6.07, 6.45) is 4.35. The maximum atomic E-state index is 12.4. The van der Waals surface area contributed by atoms with E-state index in [2.05, 4.69) is 47.5 Å². The Labute approximate surface area is 146 Å². The monoisotopic (exact) mass is 329 g/mol. The van der Waals surface area contributed by atoms with Crippen LogP contribution in [0.3, 0.4) is 0 Å². The molecule has 132 valence electrons. The van der Waals surface area contributed by atoms with Gasteiger partial charge in [0.1, 0.15) is 0 Å². The second-order valence-corrected chi connectivity index (χ2v) is 7.05. The molecule has 1 N–H and O–H groups in total. The highest BCUT2D eigenvalue weighted by Crippen LogP contribution is 2.33. The van der Waals surface area contributed by atoms with E-state index in [0.717, 1.165) is 45.7 Å². The lowest BCUT2D eigenvalue weighted by Crippen LogP contribution is -2.47. The minimum atomic E-state index is 0.329.